The Balaban J connectivity index is 1.71. The van der Waals surface area contributed by atoms with E-state index in [1.165, 1.54) is 0 Å². The van der Waals surface area contributed by atoms with Crippen LogP contribution in [0.5, 0.6) is 0 Å². The molecule has 1 aliphatic rings. The van der Waals surface area contributed by atoms with Crippen molar-refractivity contribution in [2.45, 2.75) is 12.2 Å². The van der Waals surface area contributed by atoms with Crippen LogP contribution in [0.1, 0.15) is 22.3 Å². The fourth-order valence-corrected chi connectivity index (χ4v) is 4.03. The van der Waals surface area contributed by atoms with Gasteiger partial charge in [-0.05, 0) is 11.1 Å². The van der Waals surface area contributed by atoms with Gasteiger partial charge in [-0.25, -0.2) is 4.79 Å². The smallest absolute Gasteiger partial charge is 0.346 e. The molecule has 0 fully saturated rings. The summed E-state index contributed by atoms with van der Waals surface area (Å²) < 4.78 is 12.9. The number of esters is 1. The third kappa shape index (κ3) is 3.81. The van der Waals surface area contributed by atoms with Crippen LogP contribution in [0.25, 0.3) is 11.3 Å². The van der Waals surface area contributed by atoms with Crippen molar-refractivity contribution in [1.82, 2.24) is 0 Å². The standard InChI is InChI=1S/C29H22O3/c30-28-26(23-15-7-2-8-16-23)27(24-17-9-3-10-18-24)31-29(32-28,25-19-11-4-12-20-25)21-22-13-5-1-6-14-22/h1-20H,21H2. The Morgan fingerprint density at radius 3 is 1.66 bits per heavy atom. The van der Waals surface area contributed by atoms with Crippen LogP contribution in [0.2, 0.25) is 0 Å². The summed E-state index contributed by atoms with van der Waals surface area (Å²) in [5.41, 5.74) is 3.82. The van der Waals surface area contributed by atoms with Crippen LogP contribution in [-0.4, -0.2) is 5.97 Å². The van der Waals surface area contributed by atoms with Crippen molar-refractivity contribution in [2.75, 3.05) is 0 Å². The summed E-state index contributed by atoms with van der Waals surface area (Å²) >= 11 is 0. The molecule has 0 saturated carbocycles. The highest BCUT2D eigenvalue weighted by Crippen LogP contribution is 2.44. The van der Waals surface area contributed by atoms with E-state index in [0.29, 0.717) is 17.8 Å². The van der Waals surface area contributed by atoms with Crippen LogP contribution in [0.3, 0.4) is 0 Å². The lowest BCUT2D eigenvalue weighted by Gasteiger charge is -2.39. The summed E-state index contributed by atoms with van der Waals surface area (Å²) in [7, 11) is 0. The van der Waals surface area contributed by atoms with Gasteiger partial charge in [0.2, 0.25) is 0 Å². The second-order valence-electron chi connectivity index (χ2n) is 7.71. The number of cyclic esters (lactones) is 1. The molecule has 0 aliphatic carbocycles. The number of rotatable bonds is 5. The Hall–Kier alpha value is -4.11. The largest absolute Gasteiger partial charge is 0.446 e. The molecule has 156 valence electrons. The van der Waals surface area contributed by atoms with Crippen LogP contribution in [-0.2, 0) is 26.5 Å². The lowest BCUT2D eigenvalue weighted by Crippen LogP contribution is -2.41. The van der Waals surface area contributed by atoms with Crippen molar-refractivity contribution in [3.8, 4) is 0 Å². The molecule has 5 rings (SSSR count). The van der Waals surface area contributed by atoms with Crippen molar-refractivity contribution in [3.05, 3.63) is 144 Å². The average Bonchev–Trinajstić information content (AvgIpc) is 2.86. The first-order valence-corrected chi connectivity index (χ1v) is 10.6. The molecule has 4 aromatic rings. The number of ether oxygens (including phenoxy) is 2. The molecule has 0 N–H and O–H groups in total. The van der Waals surface area contributed by atoms with Crippen LogP contribution in [0.4, 0.5) is 0 Å². The van der Waals surface area contributed by atoms with E-state index in [0.717, 1.165) is 22.3 Å². The number of hydrogen-bond donors (Lipinski definition) is 0. The highest BCUT2D eigenvalue weighted by molar-refractivity contribution is 6.24. The maximum Gasteiger partial charge on any atom is 0.346 e. The van der Waals surface area contributed by atoms with Gasteiger partial charge in [-0.1, -0.05) is 121 Å². The minimum atomic E-state index is -1.27. The van der Waals surface area contributed by atoms with Gasteiger partial charge in [-0.15, -0.1) is 0 Å². The molecule has 32 heavy (non-hydrogen) atoms. The lowest BCUT2D eigenvalue weighted by molar-refractivity contribution is -0.211. The Labute approximate surface area is 187 Å². The summed E-state index contributed by atoms with van der Waals surface area (Å²) in [5, 5.41) is 0. The van der Waals surface area contributed by atoms with Crippen molar-refractivity contribution in [3.63, 3.8) is 0 Å². The van der Waals surface area contributed by atoms with Crippen LogP contribution in [0.15, 0.2) is 121 Å². The molecule has 1 aliphatic heterocycles. The SMILES string of the molecule is O=C1OC(Cc2ccccc2)(c2ccccc2)OC(c2ccccc2)=C1c1ccccc1. The molecular formula is C29H22O3. The molecule has 1 unspecified atom stereocenters. The van der Waals surface area contributed by atoms with Crippen molar-refractivity contribution in [1.29, 1.82) is 0 Å². The average molecular weight is 418 g/mol. The first-order valence-electron chi connectivity index (χ1n) is 10.6. The Morgan fingerprint density at radius 1 is 0.562 bits per heavy atom. The fraction of sp³-hybridized carbons (Fsp3) is 0.0690. The van der Waals surface area contributed by atoms with Gasteiger partial charge >= 0.3 is 5.97 Å². The zero-order valence-electron chi connectivity index (χ0n) is 17.5. The van der Waals surface area contributed by atoms with Crippen molar-refractivity contribution in [2.24, 2.45) is 0 Å². The van der Waals surface area contributed by atoms with E-state index in [4.69, 9.17) is 9.47 Å². The fourth-order valence-electron chi connectivity index (χ4n) is 4.03. The predicted molar refractivity (Wildman–Crippen MR) is 125 cm³/mol. The Morgan fingerprint density at radius 2 is 1.06 bits per heavy atom. The summed E-state index contributed by atoms with van der Waals surface area (Å²) in [4.78, 5) is 13.6. The molecule has 0 aromatic heterocycles. The van der Waals surface area contributed by atoms with E-state index in [1.807, 2.05) is 121 Å². The third-order valence-electron chi connectivity index (χ3n) is 5.55. The maximum absolute atomic E-state index is 13.6. The van der Waals surface area contributed by atoms with Crippen LogP contribution in [0, 0.1) is 0 Å². The number of carbonyl (C=O) groups is 1. The normalized spacial score (nSPS) is 18.1. The topological polar surface area (TPSA) is 35.5 Å². The first kappa shape index (κ1) is 19.8. The van der Waals surface area contributed by atoms with E-state index >= 15 is 0 Å². The monoisotopic (exact) mass is 418 g/mol. The van der Waals surface area contributed by atoms with E-state index in [9.17, 15) is 4.79 Å². The number of benzene rings is 4. The third-order valence-corrected chi connectivity index (χ3v) is 5.55. The van der Waals surface area contributed by atoms with Crippen LogP contribution < -0.4 is 0 Å². The molecule has 1 heterocycles. The minimum Gasteiger partial charge on any atom is -0.446 e. The molecule has 0 saturated heterocycles. The van der Waals surface area contributed by atoms with Gasteiger partial charge in [-0.3, -0.25) is 0 Å². The van der Waals surface area contributed by atoms with E-state index in [2.05, 4.69) is 0 Å². The van der Waals surface area contributed by atoms with Gasteiger partial charge < -0.3 is 9.47 Å². The van der Waals surface area contributed by atoms with Crippen LogP contribution >= 0.6 is 0 Å². The molecule has 0 bridgehead atoms. The minimum absolute atomic E-state index is 0.391. The number of carbonyl (C=O) groups excluding carboxylic acids is 1. The summed E-state index contributed by atoms with van der Waals surface area (Å²) in [5.74, 6) is -1.16. The molecular weight excluding hydrogens is 396 g/mol. The maximum atomic E-state index is 13.6. The first-order chi connectivity index (χ1) is 15.8. The van der Waals surface area contributed by atoms with Crippen molar-refractivity contribution >= 4 is 17.3 Å². The van der Waals surface area contributed by atoms with Gasteiger partial charge in [0.25, 0.3) is 5.79 Å². The lowest BCUT2D eigenvalue weighted by atomic mass is 9.93. The quantitative estimate of drug-likeness (QED) is 0.361. The van der Waals surface area contributed by atoms with Gasteiger partial charge in [0, 0.05) is 11.1 Å². The zero-order chi connectivity index (χ0) is 21.8. The molecule has 3 nitrogen and oxygen atoms in total. The molecule has 1 atom stereocenters. The molecule has 0 radical (unpaired) electrons. The second-order valence-corrected chi connectivity index (χ2v) is 7.71. The highest BCUT2D eigenvalue weighted by atomic mass is 16.7. The molecule has 3 heteroatoms. The zero-order valence-corrected chi connectivity index (χ0v) is 17.5. The van der Waals surface area contributed by atoms with Gasteiger partial charge in [0.15, 0.2) is 0 Å². The number of hydrogen-bond acceptors (Lipinski definition) is 3. The van der Waals surface area contributed by atoms with Gasteiger partial charge in [0.1, 0.15) is 11.3 Å². The van der Waals surface area contributed by atoms with E-state index in [1.54, 1.807) is 0 Å². The molecule has 4 aromatic carbocycles. The Kier molecular flexibility index (Phi) is 5.30. The highest BCUT2D eigenvalue weighted by Gasteiger charge is 2.46. The Bertz CT molecular complexity index is 1230. The molecule has 0 spiro atoms. The van der Waals surface area contributed by atoms with Crippen molar-refractivity contribution < 1.29 is 14.3 Å². The predicted octanol–water partition coefficient (Wildman–Crippen LogP) is 6.22. The van der Waals surface area contributed by atoms with E-state index in [-0.39, 0.29) is 0 Å². The summed E-state index contributed by atoms with van der Waals surface area (Å²) in [6, 6.07) is 38.9. The summed E-state index contributed by atoms with van der Waals surface area (Å²) in [6.07, 6.45) is 0.391. The second kappa shape index (κ2) is 8.56. The van der Waals surface area contributed by atoms with Gasteiger partial charge in [-0.2, -0.15) is 0 Å². The molecule has 0 amide bonds. The van der Waals surface area contributed by atoms with E-state index < -0.39 is 11.8 Å². The van der Waals surface area contributed by atoms with Gasteiger partial charge in [0.05, 0.1) is 6.42 Å². The summed E-state index contributed by atoms with van der Waals surface area (Å²) in [6.45, 7) is 0.